The predicted octanol–water partition coefficient (Wildman–Crippen LogP) is 9.78. The van der Waals surface area contributed by atoms with Gasteiger partial charge in [0.15, 0.2) is 0 Å². The van der Waals surface area contributed by atoms with Crippen molar-refractivity contribution >= 4 is 47.5 Å². The molecule has 62 heavy (non-hydrogen) atoms. The van der Waals surface area contributed by atoms with Crippen LogP contribution in [0.15, 0.2) is 114 Å². The molecular weight excluding hydrogens is 808 g/mol. The first-order valence-electron chi connectivity index (χ1n) is 20.7. The van der Waals surface area contributed by atoms with Crippen molar-refractivity contribution < 1.29 is 39.2 Å². The highest BCUT2D eigenvalue weighted by atomic mass is 35.5. The zero-order valence-electron chi connectivity index (χ0n) is 37.2. The van der Waals surface area contributed by atoms with E-state index in [1.807, 2.05) is 132 Å². The largest absolute Gasteiger partial charge is 0.444 e. The summed E-state index contributed by atoms with van der Waals surface area (Å²) in [6.07, 6.45) is 1.77. The number of hydrogen-bond acceptors (Lipinski definition) is 9. The van der Waals surface area contributed by atoms with E-state index in [-0.39, 0.29) is 54.7 Å². The zero-order valence-corrected chi connectivity index (χ0v) is 38.0. The number of carbonyl (C=O) groups is 3. The van der Waals surface area contributed by atoms with Gasteiger partial charge in [0.05, 0.1) is 12.1 Å². The van der Waals surface area contributed by atoms with Crippen molar-refractivity contribution in [3.8, 4) is 0 Å². The standard InChI is InChI=1S/C31H42N2O6.C18H20N2O.ClH.H2O/c1-29(2,3)38-27(35)32-23-16-14-21(15-17-23)20-24(34)18-19-25-26(22-12-10-9-11-13-22)37-31(7,8)33(25)28(36)39-30(4,5)6;19-15-8-6-13(7-9-15)12-16-10-11-17(20-16)18(21)14-4-2-1-3-5-14;;/h9-17,25-26H,18-20H2,1-8H3,(H,32,35);1-9,17-18,21H,10-12,19H2;1H;1H2/t25-,26-;17-,18-;;/m11../s1. The fourth-order valence-electron chi connectivity index (χ4n) is 7.40. The van der Waals surface area contributed by atoms with Crippen molar-refractivity contribution in [2.75, 3.05) is 11.1 Å². The van der Waals surface area contributed by atoms with Crippen LogP contribution in [-0.4, -0.2) is 68.2 Å². The minimum Gasteiger partial charge on any atom is -0.444 e. The summed E-state index contributed by atoms with van der Waals surface area (Å²) in [5, 5.41) is 13.1. The molecule has 0 unspecified atom stereocenters. The van der Waals surface area contributed by atoms with Gasteiger partial charge in [0.1, 0.15) is 34.9 Å². The first-order valence-corrected chi connectivity index (χ1v) is 20.7. The Labute approximate surface area is 373 Å². The number of aliphatic hydroxyl groups excluding tert-OH is 1. The molecule has 2 aliphatic rings. The average molecular weight is 874 g/mol. The van der Waals surface area contributed by atoms with Crippen LogP contribution >= 0.6 is 12.4 Å². The molecule has 4 aromatic carbocycles. The molecule has 0 radical (unpaired) electrons. The Balaban J connectivity index is 0.000000375. The monoisotopic (exact) mass is 872 g/mol. The summed E-state index contributed by atoms with van der Waals surface area (Å²) in [6.45, 7) is 14.6. The second-order valence-corrected chi connectivity index (χ2v) is 18.0. The van der Waals surface area contributed by atoms with Gasteiger partial charge in [-0.2, -0.15) is 0 Å². The molecule has 1 saturated heterocycles. The highest BCUT2D eigenvalue weighted by molar-refractivity contribution is 5.88. The van der Waals surface area contributed by atoms with E-state index in [4.69, 9.17) is 24.9 Å². The lowest BCUT2D eigenvalue weighted by atomic mass is 9.95. The van der Waals surface area contributed by atoms with Gasteiger partial charge in [-0.3, -0.25) is 20.0 Å². The number of hydrogen-bond donors (Lipinski definition) is 3. The molecule has 13 heteroatoms. The van der Waals surface area contributed by atoms with E-state index in [9.17, 15) is 19.5 Å². The molecule has 0 bridgehead atoms. The Morgan fingerprint density at radius 1 is 0.855 bits per heavy atom. The lowest BCUT2D eigenvalue weighted by Crippen LogP contribution is -2.50. The van der Waals surface area contributed by atoms with E-state index >= 15 is 0 Å². The normalized spacial score (nSPS) is 18.4. The van der Waals surface area contributed by atoms with E-state index in [1.165, 1.54) is 11.3 Å². The van der Waals surface area contributed by atoms with Gasteiger partial charge >= 0.3 is 12.2 Å². The number of ether oxygens (including phenoxy) is 3. The first kappa shape index (κ1) is 51.1. The molecule has 4 aromatic rings. The molecule has 1 fully saturated rings. The highest BCUT2D eigenvalue weighted by Crippen LogP contribution is 2.43. The van der Waals surface area contributed by atoms with Crippen LogP contribution in [0.2, 0.25) is 0 Å². The van der Waals surface area contributed by atoms with E-state index in [0.717, 1.165) is 41.6 Å². The fourth-order valence-corrected chi connectivity index (χ4v) is 7.40. The zero-order chi connectivity index (χ0) is 43.7. The maximum atomic E-state index is 13.3. The van der Waals surface area contributed by atoms with Gasteiger partial charge in [0.25, 0.3) is 0 Å². The SMILES string of the molecule is CC(C)(C)OC(=O)Nc1ccc(CC(=O)CC[C@@H]2[C@@H](c3ccccc3)OC(C)(C)N2C(=O)OC(C)(C)C)cc1.Cl.Nc1ccc(CC2=N[C@@H]([C@H](O)c3ccccc3)CC2)cc1.O. The van der Waals surface area contributed by atoms with Crippen molar-refractivity contribution in [1.82, 2.24) is 4.90 Å². The molecule has 0 aromatic heterocycles. The number of carbonyl (C=O) groups excluding carboxylic acids is 3. The minimum absolute atomic E-state index is 0. The van der Waals surface area contributed by atoms with Gasteiger partial charge < -0.3 is 30.5 Å². The number of ketones is 1. The number of Topliss-reactive ketones (excluding diaryl/α,β-unsaturated/α-hetero) is 1. The molecule has 0 saturated carbocycles. The lowest BCUT2D eigenvalue weighted by molar-refractivity contribution is -0.118. The lowest BCUT2D eigenvalue weighted by Gasteiger charge is -2.35. The quantitative estimate of drug-likeness (QED) is 0.124. The Kier molecular flexibility index (Phi) is 18.3. The summed E-state index contributed by atoms with van der Waals surface area (Å²) < 4.78 is 17.4. The minimum atomic E-state index is -0.909. The number of anilines is 2. The van der Waals surface area contributed by atoms with Crippen molar-refractivity contribution in [3.63, 3.8) is 0 Å². The number of benzene rings is 4. The van der Waals surface area contributed by atoms with E-state index in [2.05, 4.69) is 5.32 Å². The summed E-state index contributed by atoms with van der Waals surface area (Å²) >= 11 is 0. The Hall–Kier alpha value is -5.27. The van der Waals surface area contributed by atoms with Gasteiger partial charge in [-0.05, 0) is 121 Å². The first-order chi connectivity index (χ1) is 28.3. The Bertz CT molecular complexity index is 2070. The topological polar surface area (TPSA) is 184 Å². The van der Waals surface area contributed by atoms with Crippen LogP contribution in [0.1, 0.15) is 116 Å². The Morgan fingerprint density at radius 2 is 1.42 bits per heavy atom. The number of nitrogens with two attached hydrogens (primary N) is 1. The third-order valence-corrected chi connectivity index (χ3v) is 10.1. The van der Waals surface area contributed by atoms with E-state index < -0.39 is 35.2 Å². The highest BCUT2D eigenvalue weighted by Gasteiger charge is 2.51. The molecule has 336 valence electrons. The molecule has 6 N–H and O–H groups in total. The molecule has 0 aliphatic carbocycles. The second kappa shape index (κ2) is 22.2. The van der Waals surface area contributed by atoms with Gasteiger partial charge in [-0.15, -0.1) is 12.4 Å². The maximum Gasteiger partial charge on any atom is 0.412 e. The van der Waals surface area contributed by atoms with Crippen LogP contribution in [-0.2, 0) is 31.8 Å². The number of aliphatic imine (C=N–C) groups is 1. The molecule has 12 nitrogen and oxygen atoms in total. The second-order valence-electron chi connectivity index (χ2n) is 18.0. The number of nitrogens with one attached hydrogen (secondary N) is 1. The molecule has 2 aliphatic heterocycles. The van der Waals surface area contributed by atoms with E-state index in [0.29, 0.717) is 12.1 Å². The van der Waals surface area contributed by atoms with Gasteiger partial charge in [-0.1, -0.05) is 84.9 Å². The summed E-state index contributed by atoms with van der Waals surface area (Å²) in [5.74, 6) is 0.0449. The van der Waals surface area contributed by atoms with E-state index in [1.54, 1.807) is 37.8 Å². The van der Waals surface area contributed by atoms with Crippen LogP contribution in [0, 0.1) is 0 Å². The smallest absolute Gasteiger partial charge is 0.412 e. The molecule has 6 rings (SSSR count). The fraction of sp³-hybridized carbons (Fsp3) is 0.429. The third-order valence-electron chi connectivity index (χ3n) is 10.1. The number of nitrogen functional groups attached to an aromatic ring is 1. The number of rotatable bonds is 11. The van der Waals surface area contributed by atoms with Crippen molar-refractivity contribution in [1.29, 1.82) is 0 Å². The summed E-state index contributed by atoms with van der Waals surface area (Å²) in [7, 11) is 0. The average Bonchev–Trinajstić information content (AvgIpc) is 3.76. The summed E-state index contributed by atoms with van der Waals surface area (Å²) in [6, 6.07) is 34.2. The van der Waals surface area contributed by atoms with Crippen LogP contribution in [0.5, 0.6) is 0 Å². The molecule has 2 heterocycles. The summed E-state index contributed by atoms with van der Waals surface area (Å²) in [5.41, 5.74) is 10.0. The molecule has 2 amide bonds. The van der Waals surface area contributed by atoms with Crippen molar-refractivity contribution in [3.05, 3.63) is 131 Å². The van der Waals surface area contributed by atoms with Crippen LogP contribution < -0.4 is 11.1 Å². The number of halogens is 1. The number of amides is 2. The van der Waals surface area contributed by atoms with Crippen molar-refractivity contribution in [2.24, 2.45) is 4.99 Å². The van der Waals surface area contributed by atoms with Gasteiger partial charge in [0.2, 0.25) is 0 Å². The molecule has 0 spiro atoms. The van der Waals surface area contributed by atoms with Crippen LogP contribution in [0.25, 0.3) is 0 Å². The number of nitrogens with zero attached hydrogens (tertiary/aromatic N) is 2. The van der Waals surface area contributed by atoms with Crippen molar-refractivity contribution in [2.45, 2.75) is 135 Å². The number of aliphatic hydroxyl groups is 1. The van der Waals surface area contributed by atoms with Crippen LogP contribution in [0.4, 0.5) is 21.0 Å². The maximum absolute atomic E-state index is 13.3. The summed E-state index contributed by atoms with van der Waals surface area (Å²) in [4.78, 5) is 44.7. The van der Waals surface area contributed by atoms with Gasteiger partial charge in [0, 0.05) is 36.3 Å². The molecular formula is C49H65ClN4O8. The van der Waals surface area contributed by atoms with Crippen LogP contribution in [0.3, 0.4) is 0 Å². The molecule has 4 atom stereocenters. The Morgan fingerprint density at radius 3 is 2.00 bits per heavy atom. The predicted molar refractivity (Wildman–Crippen MR) is 248 cm³/mol. The third kappa shape index (κ3) is 15.3. The van der Waals surface area contributed by atoms with Gasteiger partial charge in [-0.25, -0.2) is 9.59 Å².